The maximum atomic E-state index is 11.4. The van der Waals surface area contributed by atoms with Gasteiger partial charge in [-0.25, -0.2) is 0 Å². The largest absolute Gasteiger partial charge is 0.493 e. The van der Waals surface area contributed by atoms with E-state index in [2.05, 4.69) is 15.1 Å². The summed E-state index contributed by atoms with van der Waals surface area (Å²) in [6.45, 7) is 4.97. The molecule has 0 aliphatic carbocycles. The number of Topliss-reactive ketones (excluding diaryl/α,β-unsaturated/α-hetero) is 1. The summed E-state index contributed by atoms with van der Waals surface area (Å²) in [6, 6.07) is 13.4. The highest BCUT2D eigenvalue weighted by Gasteiger charge is 2.19. The normalized spacial score (nSPS) is 13.8. The third kappa shape index (κ3) is 4.54. The predicted octanol–water partition coefficient (Wildman–Crippen LogP) is 3.43. The van der Waals surface area contributed by atoms with Gasteiger partial charge in [0.2, 0.25) is 0 Å². The fourth-order valence-corrected chi connectivity index (χ4v) is 3.49. The van der Waals surface area contributed by atoms with Gasteiger partial charge in [-0.15, -0.1) is 0 Å². The number of nitrogens with one attached hydrogen (secondary N) is 1. The SMILES string of the molecule is COc1ccc(NC(=S)N2CCN(c3ccc(C(C)=O)cc3)CC2)cc1OC. The maximum absolute atomic E-state index is 11.4. The highest BCUT2D eigenvalue weighted by molar-refractivity contribution is 7.80. The first-order valence-electron chi connectivity index (χ1n) is 9.15. The molecule has 0 saturated carbocycles. The Kier molecular flexibility index (Phi) is 6.36. The predicted molar refractivity (Wildman–Crippen MR) is 116 cm³/mol. The molecule has 0 unspecified atom stereocenters. The Hall–Kier alpha value is -2.80. The molecule has 3 rings (SSSR count). The van der Waals surface area contributed by atoms with E-state index < -0.39 is 0 Å². The monoisotopic (exact) mass is 399 g/mol. The second-order valence-corrected chi connectivity index (χ2v) is 6.96. The Bertz CT molecular complexity index is 846. The van der Waals surface area contributed by atoms with Crippen LogP contribution in [-0.4, -0.2) is 56.2 Å². The topological polar surface area (TPSA) is 54.0 Å². The van der Waals surface area contributed by atoms with E-state index in [-0.39, 0.29) is 5.78 Å². The number of rotatable bonds is 5. The van der Waals surface area contributed by atoms with Gasteiger partial charge in [0.05, 0.1) is 14.2 Å². The van der Waals surface area contributed by atoms with Crippen molar-refractivity contribution in [2.24, 2.45) is 0 Å². The number of anilines is 2. The van der Waals surface area contributed by atoms with E-state index in [1.54, 1.807) is 21.1 Å². The average Bonchev–Trinajstić information content (AvgIpc) is 2.73. The number of thiocarbonyl (C=S) groups is 1. The lowest BCUT2D eigenvalue weighted by Gasteiger charge is -2.37. The molecule has 1 heterocycles. The number of carbonyl (C=O) groups excluding carboxylic acids is 1. The third-order valence-electron chi connectivity index (χ3n) is 4.84. The van der Waals surface area contributed by atoms with Crippen LogP contribution < -0.4 is 19.7 Å². The van der Waals surface area contributed by atoms with Crippen LogP contribution in [0, 0.1) is 0 Å². The van der Waals surface area contributed by atoms with E-state index in [1.807, 2.05) is 42.5 Å². The molecule has 7 heteroatoms. The van der Waals surface area contributed by atoms with Crippen LogP contribution in [0.3, 0.4) is 0 Å². The molecule has 6 nitrogen and oxygen atoms in total. The van der Waals surface area contributed by atoms with E-state index in [0.29, 0.717) is 16.6 Å². The molecule has 1 saturated heterocycles. The van der Waals surface area contributed by atoms with Crippen molar-refractivity contribution < 1.29 is 14.3 Å². The highest BCUT2D eigenvalue weighted by Crippen LogP contribution is 2.30. The van der Waals surface area contributed by atoms with Crippen molar-refractivity contribution in [1.82, 2.24) is 4.90 Å². The molecule has 0 bridgehead atoms. The first-order valence-corrected chi connectivity index (χ1v) is 9.56. The molecule has 28 heavy (non-hydrogen) atoms. The van der Waals surface area contributed by atoms with Crippen LogP contribution in [0.1, 0.15) is 17.3 Å². The van der Waals surface area contributed by atoms with Crippen LogP contribution in [0.5, 0.6) is 11.5 Å². The van der Waals surface area contributed by atoms with Crippen LogP contribution in [0.2, 0.25) is 0 Å². The average molecular weight is 400 g/mol. The minimum atomic E-state index is 0.0861. The van der Waals surface area contributed by atoms with Gasteiger partial charge in [0.15, 0.2) is 22.4 Å². The number of nitrogens with zero attached hydrogens (tertiary/aromatic N) is 2. The zero-order chi connectivity index (χ0) is 20.1. The molecular weight excluding hydrogens is 374 g/mol. The summed E-state index contributed by atoms with van der Waals surface area (Å²) in [6.07, 6.45) is 0. The number of hydrogen-bond donors (Lipinski definition) is 1. The minimum Gasteiger partial charge on any atom is -0.493 e. The van der Waals surface area contributed by atoms with E-state index >= 15 is 0 Å². The summed E-state index contributed by atoms with van der Waals surface area (Å²) in [4.78, 5) is 15.9. The molecule has 1 aliphatic heterocycles. The summed E-state index contributed by atoms with van der Waals surface area (Å²) in [5.41, 5.74) is 2.73. The second kappa shape index (κ2) is 8.93. The third-order valence-corrected chi connectivity index (χ3v) is 5.20. The van der Waals surface area contributed by atoms with Crippen LogP contribution in [0.4, 0.5) is 11.4 Å². The van der Waals surface area contributed by atoms with Gasteiger partial charge in [0.25, 0.3) is 0 Å². The molecule has 0 aromatic heterocycles. The lowest BCUT2D eigenvalue weighted by Crippen LogP contribution is -2.50. The van der Waals surface area contributed by atoms with Gasteiger partial charge in [-0.2, -0.15) is 0 Å². The molecule has 1 aliphatic rings. The van der Waals surface area contributed by atoms with E-state index in [4.69, 9.17) is 21.7 Å². The Morgan fingerprint density at radius 2 is 1.61 bits per heavy atom. The number of hydrogen-bond acceptors (Lipinski definition) is 5. The lowest BCUT2D eigenvalue weighted by atomic mass is 10.1. The summed E-state index contributed by atoms with van der Waals surface area (Å²) >= 11 is 5.58. The fourth-order valence-electron chi connectivity index (χ4n) is 3.19. The van der Waals surface area contributed by atoms with Crippen LogP contribution in [-0.2, 0) is 0 Å². The number of methoxy groups -OCH3 is 2. The summed E-state index contributed by atoms with van der Waals surface area (Å²) < 4.78 is 10.6. The number of piperazine rings is 1. The highest BCUT2D eigenvalue weighted by atomic mass is 32.1. The van der Waals surface area contributed by atoms with Gasteiger partial charge in [-0.1, -0.05) is 0 Å². The first-order chi connectivity index (χ1) is 13.5. The summed E-state index contributed by atoms with van der Waals surface area (Å²) in [5.74, 6) is 1.43. The Morgan fingerprint density at radius 1 is 0.964 bits per heavy atom. The molecule has 1 N–H and O–H groups in total. The van der Waals surface area contributed by atoms with E-state index in [1.165, 1.54) is 0 Å². The van der Waals surface area contributed by atoms with Crippen LogP contribution >= 0.6 is 12.2 Å². The minimum absolute atomic E-state index is 0.0861. The molecular formula is C21H25N3O3S. The van der Waals surface area contributed by atoms with Gasteiger partial charge in [-0.05, 0) is 55.5 Å². The molecule has 1 fully saturated rings. The zero-order valence-corrected chi connectivity index (χ0v) is 17.2. The van der Waals surface area contributed by atoms with Gasteiger partial charge < -0.3 is 24.6 Å². The van der Waals surface area contributed by atoms with Gasteiger partial charge in [0.1, 0.15) is 0 Å². The Balaban J connectivity index is 1.57. The van der Waals surface area contributed by atoms with Crippen LogP contribution in [0.25, 0.3) is 0 Å². The fraction of sp³-hybridized carbons (Fsp3) is 0.333. The molecule has 0 spiro atoms. The summed E-state index contributed by atoms with van der Waals surface area (Å²) in [7, 11) is 3.23. The molecule has 0 radical (unpaired) electrons. The number of ether oxygens (including phenoxy) is 2. The van der Waals surface area contributed by atoms with Gasteiger partial charge in [0, 0.05) is 49.2 Å². The Morgan fingerprint density at radius 3 is 2.18 bits per heavy atom. The first kappa shape index (κ1) is 19.9. The number of benzene rings is 2. The van der Waals surface area contributed by atoms with Gasteiger partial charge >= 0.3 is 0 Å². The molecule has 148 valence electrons. The maximum Gasteiger partial charge on any atom is 0.173 e. The smallest absolute Gasteiger partial charge is 0.173 e. The molecule has 2 aromatic rings. The molecule has 2 aromatic carbocycles. The second-order valence-electron chi connectivity index (χ2n) is 6.58. The molecule has 0 atom stereocenters. The quantitative estimate of drug-likeness (QED) is 0.611. The van der Waals surface area contributed by atoms with Crippen molar-refractivity contribution in [3.8, 4) is 11.5 Å². The standard InChI is InChI=1S/C21H25N3O3S/c1-15(25)16-4-7-18(8-5-16)23-10-12-24(13-11-23)21(28)22-17-6-9-19(26-2)20(14-17)27-3/h4-9,14H,10-13H2,1-3H3,(H,22,28). The van der Waals surface area contributed by atoms with Crippen molar-refractivity contribution in [3.05, 3.63) is 48.0 Å². The van der Waals surface area contributed by atoms with Crippen molar-refractivity contribution >= 4 is 34.5 Å². The van der Waals surface area contributed by atoms with Crippen LogP contribution in [0.15, 0.2) is 42.5 Å². The lowest BCUT2D eigenvalue weighted by molar-refractivity contribution is 0.101. The number of carbonyl (C=O) groups is 1. The molecule has 0 amide bonds. The zero-order valence-electron chi connectivity index (χ0n) is 16.4. The van der Waals surface area contributed by atoms with Crippen molar-refractivity contribution in [2.45, 2.75) is 6.92 Å². The number of ketones is 1. The van der Waals surface area contributed by atoms with E-state index in [0.717, 1.165) is 43.1 Å². The van der Waals surface area contributed by atoms with E-state index in [9.17, 15) is 4.79 Å². The Labute approximate surface area is 171 Å². The van der Waals surface area contributed by atoms with Crippen molar-refractivity contribution in [2.75, 3.05) is 50.6 Å². The van der Waals surface area contributed by atoms with Crippen molar-refractivity contribution in [3.63, 3.8) is 0 Å². The van der Waals surface area contributed by atoms with Gasteiger partial charge in [-0.3, -0.25) is 4.79 Å². The van der Waals surface area contributed by atoms with Crippen molar-refractivity contribution in [1.29, 1.82) is 0 Å². The summed E-state index contributed by atoms with van der Waals surface area (Å²) in [5, 5.41) is 3.97.